The van der Waals surface area contributed by atoms with Crippen LogP contribution in [0.3, 0.4) is 0 Å². The monoisotopic (exact) mass is 394 g/mol. The topological polar surface area (TPSA) is 95.8 Å². The van der Waals surface area contributed by atoms with Gasteiger partial charge in [-0.2, -0.15) is 0 Å². The van der Waals surface area contributed by atoms with E-state index in [4.69, 9.17) is 14.2 Å². The van der Waals surface area contributed by atoms with Gasteiger partial charge in [-0.15, -0.1) is 5.10 Å². The summed E-state index contributed by atoms with van der Waals surface area (Å²) in [6, 6.07) is 0. The van der Waals surface area contributed by atoms with Gasteiger partial charge >= 0.3 is 0 Å². The number of aromatic nitrogens is 3. The van der Waals surface area contributed by atoms with Gasteiger partial charge in [-0.1, -0.05) is 26.0 Å². The molecule has 0 aliphatic carbocycles. The van der Waals surface area contributed by atoms with Gasteiger partial charge in [-0.3, -0.25) is 14.5 Å². The second kappa shape index (κ2) is 11.0. The fourth-order valence-electron chi connectivity index (χ4n) is 2.35. The Labute approximate surface area is 165 Å². The molecule has 1 aromatic rings. The second-order valence-corrected chi connectivity index (χ2v) is 7.72. The summed E-state index contributed by atoms with van der Waals surface area (Å²) in [6.07, 6.45) is 5.23. The molecule has 0 saturated carbocycles. The minimum atomic E-state index is -0.331. The molecular weight excluding hydrogens is 364 g/mol. The third kappa shape index (κ3) is 8.28. The third-order valence-corrected chi connectivity index (χ3v) is 4.01. The Morgan fingerprint density at radius 3 is 2.07 bits per heavy atom. The first-order valence-electron chi connectivity index (χ1n) is 9.51. The number of hydrogen-bond acceptors (Lipinski definition) is 7. The summed E-state index contributed by atoms with van der Waals surface area (Å²) in [5.74, 6) is -0.662. The maximum atomic E-state index is 11.5. The quantitative estimate of drug-likeness (QED) is 0.366. The van der Waals surface area contributed by atoms with Gasteiger partial charge in [0.25, 0.3) is 11.8 Å². The highest BCUT2D eigenvalue weighted by molar-refractivity contribution is 6.12. The Kier molecular flexibility index (Phi) is 8.75. The lowest BCUT2D eigenvalue weighted by Gasteiger charge is -2.17. The highest BCUT2D eigenvalue weighted by atomic mass is 16.5. The zero-order valence-electron chi connectivity index (χ0n) is 16.9. The van der Waals surface area contributed by atoms with Gasteiger partial charge in [0.15, 0.2) is 0 Å². The smallest absolute Gasteiger partial charge is 0.253 e. The molecule has 2 amide bonds. The standard InChI is InChI=1S/C19H30N4O5/c1-19(2,3)6-8-26-10-12-28-13-11-27-9-7-22-14-16(20-21-22)15-23-17(24)4-5-18(23)25/h4-5,14H,6-13,15H2,1-3H3. The van der Waals surface area contributed by atoms with Crippen LogP contribution in [0.25, 0.3) is 0 Å². The molecule has 0 radical (unpaired) electrons. The summed E-state index contributed by atoms with van der Waals surface area (Å²) in [5.41, 5.74) is 0.847. The van der Waals surface area contributed by atoms with E-state index in [9.17, 15) is 9.59 Å². The van der Waals surface area contributed by atoms with Crippen LogP contribution >= 0.6 is 0 Å². The summed E-state index contributed by atoms with van der Waals surface area (Å²) in [5, 5.41) is 7.94. The fraction of sp³-hybridized carbons (Fsp3) is 0.684. The van der Waals surface area contributed by atoms with Gasteiger partial charge in [0, 0.05) is 18.8 Å². The summed E-state index contributed by atoms with van der Waals surface area (Å²) in [7, 11) is 0. The van der Waals surface area contributed by atoms with E-state index in [1.165, 1.54) is 12.2 Å². The van der Waals surface area contributed by atoms with Gasteiger partial charge in [0.2, 0.25) is 0 Å². The molecule has 2 rings (SSSR count). The highest BCUT2D eigenvalue weighted by Gasteiger charge is 2.24. The molecule has 0 saturated heterocycles. The van der Waals surface area contributed by atoms with Crippen LogP contribution in [0.1, 0.15) is 32.9 Å². The maximum absolute atomic E-state index is 11.5. The average Bonchev–Trinajstić information content (AvgIpc) is 3.20. The molecule has 9 nitrogen and oxygen atoms in total. The predicted molar refractivity (Wildman–Crippen MR) is 101 cm³/mol. The molecule has 0 N–H and O–H groups in total. The van der Waals surface area contributed by atoms with Gasteiger partial charge < -0.3 is 14.2 Å². The van der Waals surface area contributed by atoms with E-state index >= 15 is 0 Å². The first-order chi connectivity index (χ1) is 13.3. The van der Waals surface area contributed by atoms with Crippen molar-refractivity contribution in [1.29, 1.82) is 0 Å². The van der Waals surface area contributed by atoms with Crippen molar-refractivity contribution in [3.63, 3.8) is 0 Å². The second-order valence-electron chi connectivity index (χ2n) is 7.72. The van der Waals surface area contributed by atoms with Gasteiger partial charge in [-0.25, -0.2) is 4.68 Å². The van der Waals surface area contributed by atoms with Crippen molar-refractivity contribution in [1.82, 2.24) is 19.9 Å². The van der Waals surface area contributed by atoms with Crippen LogP contribution in [0.15, 0.2) is 18.3 Å². The summed E-state index contributed by atoms with van der Waals surface area (Å²) < 4.78 is 18.1. The number of nitrogens with zero attached hydrogens (tertiary/aromatic N) is 4. The number of hydrogen-bond donors (Lipinski definition) is 0. The van der Waals surface area contributed by atoms with E-state index in [-0.39, 0.29) is 18.4 Å². The fourth-order valence-corrected chi connectivity index (χ4v) is 2.35. The van der Waals surface area contributed by atoms with Crippen LogP contribution in [0.4, 0.5) is 0 Å². The molecular formula is C19H30N4O5. The molecule has 28 heavy (non-hydrogen) atoms. The molecule has 0 spiro atoms. The van der Waals surface area contributed by atoms with Crippen molar-refractivity contribution in [3.8, 4) is 0 Å². The van der Waals surface area contributed by atoms with Crippen molar-refractivity contribution in [2.45, 2.75) is 40.3 Å². The maximum Gasteiger partial charge on any atom is 0.253 e. The van der Waals surface area contributed by atoms with E-state index in [1.807, 2.05) is 0 Å². The Balaban J connectivity index is 1.47. The zero-order chi connectivity index (χ0) is 20.4. The van der Waals surface area contributed by atoms with Crippen LogP contribution < -0.4 is 0 Å². The van der Waals surface area contributed by atoms with E-state index < -0.39 is 0 Å². The van der Waals surface area contributed by atoms with Crippen molar-refractivity contribution in [3.05, 3.63) is 24.0 Å². The molecule has 2 heterocycles. The Morgan fingerprint density at radius 2 is 1.46 bits per heavy atom. The largest absolute Gasteiger partial charge is 0.379 e. The molecule has 0 aromatic carbocycles. The number of amides is 2. The number of carbonyl (C=O) groups is 2. The summed E-state index contributed by atoms with van der Waals surface area (Å²) >= 11 is 0. The van der Waals surface area contributed by atoms with Crippen LogP contribution in [0, 0.1) is 5.41 Å². The van der Waals surface area contributed by atoms with E-state index in [1.54, 1.807) is 10.9 Å². The summed E-state index contributed by atoms with van der Waals surface area (Å²) in [6.45, 7) is 10.6. The van der Waals surface area contributed by atoms with Crippen molar-refractivity contribution in [2.24, 2.45) is 5.41 Å². The lowest BCUT2D eigenvalue weighted by Crippen LogP contribution is -2.29. The minimum Gasteiger partial charge on any atom is -0.379 e. The SMILES string of the molecule is CC(C)(C)CCOCCOCCOCCn1cc(CN2C(=O)C=CC2=O)nn1. The molecule has 0 bridgehead atoms. The van der Waals surface area contributed by atoms with Crippen LogP contribution in [-0.2, 0) is 36.9 Å². The highest BCUT2D eigenvalue weighted by Crippen LogP contribution is 2.17. The molecule has 156 valence electrons. The molecule has 0 atom stereocenters. The number of imide groups is 1. The first kappa shape index (κ1) is 22.2. The van der Waals surface area contributed by atoms with Crippen molar-refractivity contribution < 1.29 is 23.8 Å². The third-order valence-electron chi connectivity index (χ3n) is 4.01. The van der Waals surface area contributed by atoms with Crippen molar-refractivity contribution >= 4 is 11.8 Å². The predicted octanol–water partition coefficient (Wildman–Crippen LogP) is 1.19. The van der Waals surface area contributed by atoms with E-state index in [0.29, 0.717) is 50.7 Å². The van der Waals surface area contributed by atoms with Crippen molar-refractivity contribution in [2.75, 3.05) is 39.6 Å². The molecule has 9 heteroatoms. The van der Waals surface area contributed by atoms with E-state index in [2.05, 4.69) is 31.1 Å². The normalized spacial score (nSPS) is 14.5. The lowest BCUT2D eigenvalue weighted by atomic mass is 9.93. The van der Waals surface area contributed by atoms with Crippen LogP contribution in [0.2, 0.25) is 0 Å². The lowest BCUT2D eigenvalue weighted by molar-refractivity contribution is -0.137. The molecule has 1 aliphatic rings. The Morgan fingerprint density at radius 1 is 0.893 bits per heavy atom. The van der Waals surface area contributed by atoms with Gasteiger partial charge in [0.1, 0.15) is 5.69 Å². The number of ether oxygens (including phenoxy) is 3. The number of rotatable bonds is 13. The minimum absolute atomic E-state index is 0.122. The van der Waals surface area contributed by atoms with Gasteiger partial charge in [0.05, 0.1) is 52.3 Å². The van der Waals surface area contributed by atoms with Gasteiger partial charge in [-0.05, 0) is 11.8 Å². The Hall–Kier alpha value is -2.10. The Bertz CT molecular complexity index is 648. The molecule has 0 fully saturated rings. The molecule has 1 aromatic heterocycles. The average molecular weight is 394 g/mol. The van der Waals surface area contributed by atoms with E-state index in [0.717, 1.165) is 17.9 Å². The van der Waals surface area contributed by atoms with Crippen LogP contribution in [-0.4, -0.2) is 71.3 Å². The summed E-state index contributed by atoms with van der Waals surface area (Å²) in [4.78, 5) is 24.2. The zero-order valence-corrected chi connectivity index (χ0v) is 16.9. The first-order valence-corrected chi connectivity index (χ1v) is 9.51. The number of carbonyl (C=O) groups excluding carboxylic acids is 2. The van der Waals surface area contributed by atoms with Crippen LogP contribution in [0.5, 0.6) is 0 Å². The molecule has 0 unspecified atom stereocenters. The molecule has 1 aliphatic heterocycles.